The number of rotatable bonds is 5. The maximum absolute atomic E-state index is 9.33. The minimum Gasteiger partial charge on any atom is -0.394 e. The molecule has 0 aliphatic heterocycles. The van der Waals surface area contributed by atoms with Gasteiger partial charge in [0.1, 0.15) is 0 Å². The van der Waals surface area contributed by atoms with Crippen LogP contribution in [0.15, 0.2) is 22.7 Å². The molecular weight excluding hydrogens is 270 g/mol. The summed E-state index contributed by atoms with van der Waals surface area (Å²) in [5.41, 5.74) is 2.45. The van der Waals surface area contributed by atoms with Gasteiger partial charge in [-0.1, -0.05) is 22.0 Å². The standard InChI is InChI=1S/C12H18BrNO2/c1-9-3-4-11(13)5-10(9)6-14(2)7-12(16)8-15/h3-5,12,15-16H,6-8H2,1-2H3. The predicted molar refractivity (Wildman–Crippen MR) is 68.3 cm³/mol. The van der Waals surface area contributed by atoms with E-state index in [9.17, 15) is 5.11 Å². The summed E-state index contributed by atoms with van der Waals surface area (Å²) >= 11 is 3.44. The first kappa shape index (κ1) is 13.6. The van der Waals surface area contributed by atoms with Gasteiger partial charge >= 0.3 is 0 Å². The molecule has 16 heavy (non-hydrogen) atoms. The van der Waals surface area contributed by atoms with Gasteiger partial charge in [-0.2, -0.15) is 0 Å². The molecule has 0 heterocycles. The van der Waals surface area contributed by atoms with Crippen molar-refractivity contribution in [2.24, 2.45) is 0 Å². The second-order valence-corrected chi connectivity index (χ2v) is 5.02. The van der Waals surface area contributed by atoms with Gasteiger partial charge in [-0.05, 0) is 37.2 Å². The third-order valence-electron chi connectivity index (χ3n) is 2.48. The Balaban J connectivity index is 2.61. The van der Waals surface area contributed by atoms with Gasteiger partial charge in [-0.25, -0.2) is 0 Å². The number of benzene rings is 1. The van der Waals surface area contributed by atoms with Gasteiger partial charge in [0.2, 0.25) is 0 Å². The Bertz CT molecular complexity index is 344. The van der Waals surface area contributed by atoms with E-state index < -0.39 is 6.10 Å². The van der Waals surface area contributed by atoms with Crippen molar-refractivity contribution in [1.29, 1.82) is 0 Å². The number of aliphatic hydroxyl groups excluding tert-OH is 2. The summed E-state index contributed by atoms with van der Waals surface area (Å²) in [5.74, 6) is 0. The molecule has 0 amide bonds. The fraction of sp³-hybridized carbons (Fsp3) is 0.500. The lowest BCUT2D eigenvalue weighted by Gasteiger charge is -2.20. The number of hydrogen-bond donors (Lipinski definition) is 2. The molecule has 4 heteroatoms. The Labute approximate surface area is 105 Å². The van der Waals surface area contributed by atoms with Crippen LogP contribution in [-0.2, 0) is 6.54 Å². The van der Waals surface area contributed by atoms with Crippen LogP contribution >= 0.6 is 15.9 Å². The summed E-state index contributed by atoms with van der Waals surface area (Å²) in [6.07, 6.45) is -0.669. The fourth-order valence-corrected chi connectivity index (χ4v) is 1.99. The maximum Gasteiger partial charge on any atom is 0.0897 e. The molecule has 0 fully saturated rings. The molecule has 0 spiro atoms. The number of hydrogen-bond acceptors (Lipinski definition) is 3. The van der Waals surface area contributed by atoms with E-state index >= 15 is 0 Å². The predicted octanol–water partition coefficient (Wildman–Crippen LogP) is 1.54. The Kier molecular flexibility index (Phi) is 5.41. The largest absolute Gasteiger partial charge is 0.394 e. The summed E-state index contributed by atoms with van der Waals surface area (Å²) in [5, 5.41) is 18.1. The maximum atomic E-state index is 9.33. The molecule has 1 unspecified atom stereocenters. The Hall–Kier alpha value is -0.420. The van der Waals surface area contributed by atoms with Crippen LogP contribution in [0.1, 0.15) is 11.1 Å². The van der Waals surface area contributed by atoms with Crippen molar-refractivity contribution in [2.45, 2.75) is 19.6 Å². The van der Waals surface area contributed by atoms with E-state index in [-0.39, 0.29) is 6.61 Å². The smallest absolute Gasteiger partial charge is 0.0897 e. The van der Waals surface area contributed by atoms with Crippen LogP contribution in [0.25, 0.3) is 0 Å². The molecule has 0 bridgehead atoms. The molecule has 0 aliphatic carbocycles. The Morgan fingerprint density at radius 3 is 2.75 bits per heavy atom. The van der Waals surface area contributed by atoms with E-state index in [1.807, 2.05) is 18.0 Å². The normalized spacial score (nSPS) is 13.1. The highest BCUT2D eigenvalue weighted by atomic mass is 79.9. The van der Waals surface area contributed by atoms with E-state index in [2.05, 4.69) is 35.0 Å². The third-order valence-corrected chi connectivity index (χ3v) is 2.98. The zero-order valence-corrected chi connectivity index (χ0v) is 11.2. The first-order valence-electron chi connectivity index (χ1n) is 5.25. The van der Waals surface area contributed by atoms with E-state index in [0.29, 0.717) is 6.54 Å². The van der Waals surface area contributed by atoms with Crippen molar-refractivity contribution in [1.82, 2.24) is 4.90 Å². The second-order valence-electron chi connectivity index (χ2n) is 4.10. The lowest BCUT2D eigenvalue weighted by molar-refractivity contribution is 0.0647. The SMILES string of the molecule is Cc1ccc(Br)cc1CN(C)CC(O)CO. The van der Waals surface area contributed by atoms with Crippen LogP contribution in [0.5, 0.6) is 0 Å². The molecular formula is C12H18BrNO2. The molecule has 0 saturated heterocycles. The summed E-state index contributed by atoms with van der Waals surface area (Å²) in [6.45, 7) is 3.12. The van der Waals surface area contributed by atoms with E-state index in [0.717, 1.165) is 11.0 Å². The molecule has 1 rings (SSSR count). The van der Waals surface area contributed by atoms with Crippen LogP contribution in [0, 0.1) is 6.92 Å². The quantitative estimate of drug-likeness (QED) is 0.864. The van der Waals surface area contributed by atoms with Crippen molar-refractivity contribution < 1.29 is 10.2 Å². The molecule has 1 aromatic carbocycles. The van der Waals surface area contributed by atoms with E-state index in [1.54, 1.807) is 0 Å². The molecule has 2 N–H and O–H groups in total. The van der Waals surface area contributed by atoms with Crippen LogP contribution in [-0.4, -0.2) is 41.4 Å². The summed E-state index contributed by atoms with van der Waals surface area (Å²) in [4.78, 5) is 2.00. The summed E-state index contributed by atoms with van der Waals surface area (Å²) in [7, 11) is 1.93. The molecule has 3 nitrogen and oxygen atoms in total. The molecule has 1 aromatic rings. The highest BCUT2D eigenvalue weighted by molar-refractivity contribution is 9.10. The summed E-state index contributed by atoms with van der Waals surface area (Å²) in [6, 6.07) is 6.16. The van der Waals surface area contributed by atoms with E-state index in [4.69, 9.17) is 5.11 Å². The molecule has 0 aromatic heterocycles. The highest BCUT2D eigenvalue weighted by Crippen LogP contribution is 2.17. The van der Waals surface area contributed by atoms with Crippen LogP contribution in [0.2, 0.25) is 0 Å². The lowest BCUT2D eigenvalue weighted by atomic mass is 10.1. The molecule has 1 atom stereocenters. The minimum atomic E-state index is -0.669. The fourth-order valence-electron chi connectivity index (χ4n) is 1.58. The van der Waals surface area contributed by atoms with Crippen molar-refractivity contribution >= 4 is 15.9 Å². The minimum absolute atomic E-state index is 0.193. The topological polar surface area (TPSA) is 43.7 Å². The molecule has 90 valence electrons. The second kappa shape index (κ2) is 6.35. The van der Waals surface area contributed by atoms with Crippen LogP contribution in [0.4, 0.5) is 0 Å². The monoisotopic (exact) mass is 287 g/mol. The van der Waals surface area contributed by atoms with Crippen LogP contribution in [0.3, 0.4) is 0 Å². The van der Waals surface area contributed by atoms with Crippen molar-refractivity contribution in [3.8, 4) is 0 Å². The average molecular weight is 288 g/mol. The first-order valence-corrected chi connectivity index (χ1v) is 6.04. The zero-order chi connectivity index (χ0) is 12.1. The van der Waals surface area contributed by atoms with E-state index in [1.165, 1.54) is 11.1 Å². The number of aryl methyl sites for hydroxylation is 1. The average Bonchev–Trinajstić information content (AvgIpc) is 2.23. The number of halogens is 1. The summed E-state index contributed by atoms with van der Waals surface area (Å²) < 4.78 is 1.06. The number of likely N-dealkylation sites (N-methyl/N-ethyl adjacent to an activating group) is 1. The van der Waals surface area contributed by atoms with Crippen molar-refractivity contribution in [3.63, 3.8) is 0 Å². The van der Waals surface area contributed by atoms with Crippen molar-refractivity contribution in [2.75, 3.05) is 20.2 Å². The number of aliphatic hydroxyl groups is 2. The van der Waals surface area contributed by atoms with Gasteiger partial charge in [-0.3, -0.25) is 4.90 Å². The number of nitrogens with zero attached hydrogens (tertiary/aromatic N) is 1. The lowest BCUT2D eigenvalue weighted by Crippen LogP contribution is -2.31. The third kappa shape index (κ3) is 4.22. The first-order chi connectivity index (χ1) is 7.52. The van der Waals surface area contributed by atoms with Crippen molar-refractivity contribution in [3.05, 3.63) is 33.8 Å². The Morgan fingerprint density at radius 2 is 2.12 bits per heavy atom. The Morgan fingerprint density at radius 1 is 1.44 bits per heavy atom. The van der Waals surface area contributed by atoms with Gasteiger partial charge in [0.05, 0.1) is 12.7 Å². The zero-order valence-electron chi connectivity index (χ0n) is 9.65. The van der Waals surface area contributed by atoms with Gasteiger partial charge < -0.3 is 10.2 Å². The van der Waals surface area contributed by atoms with Gasteiger partial charge in [0.15, 0.2) is 0 Å². The van der Waals surface area contributed by atoms with Crippen LogP contribution < -0.4 is 0 Å². The highest BCUT2D eigenvalue weighted by Gasteiger charge is 2.08. The van der Waals surface area contributed by atoms with Gasteiger partial charge in [-0.15, -0.1) is 0 Å². The van der Waals surface area contributed by atoms with Gasteiger partial charge in [0.25, 0.3) is 0 Å². The molecule has 0 saturated carbocycles. The molecule has 0 radical (unpaired) electrons. The molecule has 0 aliphatic rings. The van der Waals surface area contributed by atoms with Gasteiger partial charge in [0, 0.05) is 17.6 Å².